The van der Waals surface area contributed by atoms with E-state index in [1.165, 1.54) is 4.90 Å². The van der Waals surface area contributed by atoms with E-state index in [1.807, 2.05) is 0 Å². The number of nitro groups is 1. The third-order valence-electron chi connectivity index (χ3n) is 3.11. The Bertz CT molecular complexity index is 563. The molecule has 0 bridgehead atoms. The van der Waals surface area contributed by atoms with Crippen LogP contribution in [0.15, 0.2) is 0 Å². The molecule has 1 aromatic rings. The van der Waals surface area contributed by atoms with Gasteiger partial charge in [0.15, 0.2) is 0 Å². The van der Waals surface area contributed by atoms with Gasteiger partial charge in [-0.3, -0.25) is 10.1 Å². The van der Waals surface area contributed by atoms with Gasteiger partial charge in [-0.15, -0.1) is 0 Å². The molecule has 2 rings (SSSR count). The molecule has 0 unspecified atom stereocenters. The lowest BCUT2D eigenvalue weighted by Gasteiger charge is -2.33. The molecule has 0 aromatic carbocycles. The number of ether oxygens (including phenoxy) is 1. The third kappa shape index (κ3) is 3.07. The van der Waals surface area contributed by atoms with Gasteiger partial charge in [0.1, 0.15) is 0 Å². The average Bonchev–Trinajstić information content (AvgIpc) is 2.46. The number of anilines is 1. The van der Waals surface area contributed by atoms with Gasteiger partial charge in [-0.25, -0.2) is 4.79 Å². The van der Waals surface area contributed by atoms with Crippen LogP contribution in [0.5, 0.6) is 11.8 Å². The number of aromatic nitrogens is 2. The molecule has 1 aromatic heterocycles. The Hall–Kier alpha value is -2.85. The zero-order valence-corrected chi connectivity index (χ0v) is 11.8. The molecule has 1 fully saturated rings. The topological polar surface area (TPSA) is 142 Å². The molecule has 1 aliphatic rings. The first-order chi connectivity index (χ1) is 10.4. The summed E-state index contributed by atoms with van der Waals surface area (Å²) in [5, 5.41) is 29.7. The number of nitrogens with zero attached hydrogens (tertiary/aromatic N) is 5. The summed E-state index contributed by atoms with van der Waals surface area (Å²) in [4.78, 5) is 31.6. The van der Waals surface area contributed by atoms with Crippen LogP contribution in [0.25, 0.3) is 0 Å². The fourth-order valence-electron chi connectivity index (χ4n) is 2.03. The number of carbonyl (C=O) groups is 1. The van der Waals surface area contributed by atoms with E-state index >= 15 is 0 Å². The number of rotatable bonds is 3. The highest BCUT2D eigenvalue weighted by Crippen LogP contribution is 2.33. The fourth-order valence-corrected chi connectivity index (χ4v) is 2.03. The summed E-state index contributed by atoms with van der Waals surface area (Å²) in [6.45, 7) is 3.38. The first-order valence-corrected chi connectivity index (χ1v) is 6.55. The van der Waals surface area contributed by atoms with E-state index in [2.05, 4.69) is 9.97 Å². The molecule has 11 nitrogen and oxygen atoms in total. The quantitative estimate of drug-likeness (QED) is 0.585. The molecule has 2 heterocycles. The lowest BCUT2D eigenvalue weighted by molar-refractivity contribution is -0.387. The van der Waals surface area contributed by atoms with Crippen molar-refractivity contribution in [3.63, 3.8) is 0 Å². The van der Waals surface area contributed by atoms with Crippen LogP contribution in [0.1, 0.15) is 6.92 Å². The predicted octanol–water partition coefficient (Wildman–Crippen LogP) is 0.0745. The van der Waals surface area contributed by atoms with Crippen LogP contribution in [0.2, 0.25) is 0 Å². The van der Waals surface area contributed by atoms with Crippen molar-refractivity contribution in [2.45, 2.75) is 6.92 Å². The zero-order chi connectivity index (χ0) is 16.3. The molecule has 11 heteroatoms. The van der Waals surface area contributed by atoms with Crippen molar-refractivity contribution in [3.8, 4) is 11.8 Å². The van der Waals surface area contributed by atoms with Crippen LogP contribution in [-0.2, 0) is 4.74 Å². The lowest BCUT2D eigenvalue weighted by Crippen LogP contribution is -2.49. The Morgan fingerprint density at radius 2 is 1.82 bits per heavy atom. The van der Waals surface area contributed by atoms with Crippen LogP contribution in [0.4, 0.5) is 16.4 Å². The minimum absolute atomic E-state index is 0.0379. The maximum Gasteiger partial charge on any atom is 0.409 e. The Labute approximate surface area is 124 Å². The molecule has 22 heavy (non-hydrogen) atoms. The van der Waals surface area contributed by atoms with Crippen LogP contribution in [0.3, 0.4) is 0 Å². The summed E-state index contributed by atoms with van der Waals surface area (Å²) >= 11 is 0. The van der Waals surface area contributed by atoms with Crippen LogP contribution < -0.4 is 4.90 Å². The molecule has 0 radical (unpaired) electrons. The molecule has 0 saturated carbocycles. The number of aromatic hydroxyl groups is 2. The van der Waals surface area contributed by atoms with Crippen LogP contribution >= 0.6 is 0 Å². The van der Waals surface area contributed by atoms with E-state index < -0.39 is 28.5 Å². The maximum absolute atomic E-state index is 11.6. The van der Waals surface area contributed by atoms with Gasteiger partial charge in [-0.1, -0.05) is 0 Å². The number of carbonyl (C=O) groups excluding carboxylic acids is 1. The second kappa shape index (κ2) is 6.28. The van der Waals surface area contributed by atoms with Crippen LogP contribution in [0, 0.1) is 10.1 Å². The second-order valence-corrected chi connectivity index (χ2v) is 4.45. The Morgan fingerprint density at radius 1 is 1.27 bits per heavy atom. The lowest BCUT2D eigenvalue weighted by atomic mass is 10.3. The summed E-state index contributed by atoms with van der Waals surface area (Å²) in [6.07, 6.45) is -0.419. The van der Waals surface area contributed by atoms with Crippen LogP contribution in [-0.4, -0.2) is 68.9 Å². The van der Waals surface area contributed by atoms with Crippen molar-refractivity contribution in [2.24, 2.45) is 0 Å². The summed E-state index contributed by atoms with van der Waals surface area (Å²) in [6, 6.07) is 0. The van der Waals surface area contributed by atoms with Crippen molar-refractivity contribution >= 4 is 17.7 Å². The van der Waals surface area contributed by atoms with Crippen molar-refractivity contribution in [2.75, 3.05) is 37.7 Å². The highest BCUT2D eigenvalue weighted by Gasteiger charge is 2.28. The molecule has 120 valence electrons. The summed E-state index contributed by atoms with van der Waals surface area (Å²) < 4.78 is 4.88. The molecule has 1 aliphatic heterocycles. The van der Waals surface area contributed by atoms with E-state index in [-0.39, 0.29) is 12.6 Å². The maximum atomic E-state index is 11.6. The van der Waals surface area contributed by atoms with Crippen molar-refractivity contribution < 1.29 is 24.7 Å². The normalized spacial score (nSPS) is 14.8. The molecule has 1 saturated heterocycles. The standard InChI is InChI=1S/C11H15N5O6/c1-2-22-11(19)15-5-3-14(4-6-15)10-12-8(17)7(16(20)21)9(18)13-10/h2-6H2,1H3,(H2,12,13,17,18). The van der Waals surface area contributed by atoms with Gasteiger partial charge in [0.25, 0.3) is 0 Å². The summed E-state index contributed by atoms with van der Waals surface area (Å²) in [7, 11) is 0. The number of amides is 1. The molecule has 1 amide bonds. The van der Waals surface area contributed by atoms with Gasteiger partial charge in [-0.2, -0.15) is 9.97 Å². The highest BCUT2D eigenvalue weighted by molar-refractivity contribution is 5.68. The number of hydrogen-bond acceptors (Lipinski definition) is 9. The molecular weight excluding hydrogens is 298 g/mol. The Kier molecular flexibility index (Phi) is 4.44. The van der Waals surface area contributed by atoms with Gasteiger partial charge < -0.3 is 24.7 Å². The molecule has 0 aliphatic carbocycles. The SMILES string of the molecule is CCOC(=O)N1CCN(c2nc(O)c([N+](=O)[O-])c(O)n2)CC1. The monoisotopic (exact) mass is 313 g/mol. The molecule has 0 spiro atoms. The number of piperazine rings is 1. The van der Waals surface area contributed by atoms with Gasteiger partial charge in [-0.05, 0) is 6.92 Å². The van der Waals surface area contributed by atoms with Gasteiger partial charge in [0.05, 0.1) is 11.5 Å². The first-order valence-electron chi connectivity index (χ1n) is 6.55. The molecular formula is C11H15N5O6. The average molecular weight is 313 g/mol. The van der Waals surface area contributed by atoms with Gasteiger partial charge in [0.2, 0.25) is 5.95 Å². The minimum atomic E-state index is -0.965. The van der Waals surface area contributed by atoms with E-state index in [0.29, 0.717) is 26.2 Å². The highest BCUT2D eigenvalue weighted by atomic mass is 16.6. The summed E-state index contributed by atoms with van der Waals surface area (Å²) in [5.41, 5.74) is -0.936. The minimum Gasteiger partial charge on any atom is -0.488 e. The van der Waals surface area contributed by atoms with Gasteiger partial charge >= 0.3 is 23.5 Å². The zero-order valence-electron chi connectivity index (χ0n) is 11.8. The second-order valence-electron chi connectivity index (χ2n) is 4.45. The van der Waals surface area contributed by atoms with Crippen molar-refractivity contribution in [3.05, 3.63) is 10.1 Å². The fraction of sp³-hybridized carbons (Fsp3) is 0.545. The smallest absolute Gasteiger partial charge is 0.409 e. The first kappa shape index (κ1) is 15.5. The van der Waals surface area contributed by atoms with Crippen molar-refractivity contribution in [1.82, 2.24) is 14.9 Å². The van der Waals surface area contributed by atoms with E-state index in [1.54, 1.807) is 11.8 Å². The Balaban J connectivity index is 2.09. The predicted molar refractivity (Wildman–Crippen MR) is 72.8 cm³/mol. The largest absolute Gasteiger partial charge is 0.488 e. The molecule has 2 N–H and O–H groups in total. The molecule has 0 atom stereocenters. The summed E-state index contributed by atoms with van der Waals surface area (Å²) in [5.74, 6) is -1.84. The van der Waals surface area contributed by atoms with Crippen molar-refractivity contribution in [1.29, 1.82) is 0 Å². The van der Waals surface area contributed by atoms with Gasteiger partial charge in [0, 0.05) is 26.2 Å². The van der Waals surface area contributed by atoms with E-state index in [9.17, 15) is 25.1 Å². The third-order valence-corrected chi connectivity index (χ3v) is 3.11. The Morgan fingerprint density at radius 3 is 2.27 bits per heavy atom. The van der Waals surface area contributed by atoms with E-state index in [4.69, 9.17) is 4.74 Å². The number of hydrogen-bond donors (Lipinski definition) is 2. The van der Waals surface area contributed by atoms with E-state index in [0.717, 1.165) is 0 Å².